The molecular weight excluding hydrogens is 278 g/mol. The van der Waals surface area contributed by atoms with Gasteiger partial charge in [0.15, 0.2) is 0 Å². The summed E-state index contributed by atoms with van der Waals surface area (Å²) in [6.07, 6.45) is 7.60. The highest BCUT2D eigenvalue weighted by Crippen LogP contribution is 2.28. The second-order valence-corrected chi connectivity index (χ2v) is 6.96. The zero-order chi connectivity index (χ0) is 15.5. The van der Waals surface area contributed by atoms with Crippen molar-refractivity contribution in [2.45, 2.75) is 64.3 Å². The van der Waals surface area contributed by atoms with Gasteiger partial charge in [-0.15, -0.1) is 5.10 Å². The fourth-order valence-electron chi connectivity index (χ4n) is 3.58. The van der Waals surface area contributed by atoms with Gasteiger partial charge in [-0.05, 0) is 25.8 Å². The molecule has 1 amide bonds. The van der Waals surface area contributed by atoms with Crippen LogP contribution in [0.2, 0.25) is 0 Å². The highest BCUT2D eigenvalue weighted by atomic mass is 16.2. The Morgan fingerprint density at radius 3 is 2.73 bits per heavy atom. The molecule has 6 nitrogen and oxygen atoms in total. The van der Waals surface area contributed by atoms with Gasteiger partial charge in [-0.25, -0.2) is 0 Å². The van der Waals surface area contributed by atoms with Crippen molar-refractivity contribution >= 4 is 11.9 Å². The Hall–Kier alpha value is -1.43. The maximum atomic E-state index is 12.4. The molecule has 1 saturated carbocycles. The van der Waals surface area contributed by atoms with Crippen LogP contribution in [-0.4, -0.2) is 45.1 Å². The molecule has 1 aromatic heterocycles. The summed E-state index contributed by atoms with van der Waals surface area (Å²) in [5.41, 5.74) is 0. The second kappa shape index (κ2) is 6.77. The zero-order valence-electron chi connectivity index (χ0n) is 13.6. The van der Waals surface area contributed by atoms with Crippen molar-refractivity contribution in [1.82, 2.24) is 20.1 Å². The Morgan fingerprint density at radius 1 is 1.27 bits per heavy atom. The van der Waals surface area contributed by atoms with Gasteiger partial charge in [0.2, 0.25) is 11.9 Å². The van der Waals surface area contributed by atoms with Gasteiger partial charge in [-0.2, -0.15) is 4.98 Å². The van der Waals surface area contributed by atoms with Crippen LogP contribution in [0.3, 0.4) is 0 Å². The number of aromatic nitrogens is 3. The second-order valence-electron chi connectivity index (χ2n) is 6.96. The van der Waals surface area contributed by atoms with Crippen molar-refractivity contribution in [2.75, 3.05) is 18.4 Å². The Balaban J connectivity index is 1.52. The molecule has 122 valence electrons. The molecule has 0 bridgehead atoms. The molecule has 2 N–H and O–H groups in total. The van der Waals surface area contributed by atoms with Crippen LogP contribution >= 0.6 is 0 Å². The molecule has 2 heterocycles. The Labute approximate surface area is 132 Å². The minimum Gasteiger partial charge on any atom is -0.300 e. The summed E-state index contributed by atoms with van der Waals surface area (Å²) in [7, 11) is 0. The van der Waals surface area contributed by atoms with Gasteiger partial charge in [-0.1, -0.05) is 33.1 Å². The lowest BCUT2D eigenvalue weighted by Crippen LogP contribution is -2.36. The van der Waals surface area contributed by atoms with E-state index in [1.54, 1.807) is 0 Å². The maximum Gasteiger partial charge on any atom is 0.248 e. The number of hydrogen-bond acceptors (Lipinski definition) is 4. The fraction of sp³-hybridized carbons (Fsp3) is 0.812. The summed E-state index contributed by atoms with van der Waals surface area (Å²) < 4.78 is 0. The topological polar surface area (TPSA) is 73.9 Å². The SMILES string of the molecule is CC(C)c1nc(NC(=O)[C@H]2CCN(C3CCCCC3)C2)n[nH]1. The summed E-state index contributed by atoms with van der Waals surface area (Å²) in [5, 5.41) is 9.81. The third kappa shape index (κ3) is 3.48. The molecule has 0 unspecified atom stereocenters. The van der Waals surface area contributed by atoms with Crippen LogP contribution in [0.5, 0.6) is 0 Å². The van der Waals surface area contributed by atoms with Gasteiger partial charge in [0, 0.05) is 18.5 Å². The molecule has 0 aromatic carbocycles. The number of rotatable bonds is 4. The predicted molar refractivity (Wildman–Crippen MR) is 85.7 cm³/mol. The molecule has 1 saturated heterocycles. The molecule has 1 aromatic rings. The average molecular weight is 305 g/mol. The molecule has 6 heteroatoms. The molecule has 2 aliphatic rings. The number of nitrogens with one attached hydrogen (secondary N) is 2. The Kier molecular flexibility index (Phi) is 4.76. The van der Waals surface area contributed by atoms with Gasteiger partial charge < -0.3 is 0 Å². The van der Waals surface area contributed by atoms with E-state index in [1.165, 1.54) is 32.1 Å². The number of amides is 1. The van der Waals surface area contributed by atoms with E-state index in [2.05, 4.69) is 25.4 Å². The summed E-state index contributed by atoms with van der Waals surface area (Å²) in [6, 6.07) is 0.697. The largest absolute Gasteiger partial charge is 0.300 e. The predicted octanol–water partition coefficient (Wildman–Crippen LogP) is 2.52. The summed E-state index contributed by atoms with van der Waals surface area (Å²) in [5.74, 6) is 1.64. The monoisotopic (exact) mass is 305 g/mol. The molecule has 3 rings (SSSR count). The normalized spacial score (nSPS) is 24.0. The lowest BCUT2D eigenvalue weighted by molar-refractivity contribution is -0.119. The van der Waals surface area contributed by atoms with Crippen LogP contribution in [0, 0.1) is 5.92 Å². The number of nitrogens with zero attached hydrogens (tertiary/aromatic N) is 3. The molecular formula is C16H27N5O. The summed E-state index contributed by atoms with van der Waals surface area (Å²) in [6.45, 7) is 6.03. The van der Waals surface area contributed by atoms with E-state index in [9.17, 15) is 4.79 Å². The van der Waals surface area contributed by atoms with Crippen LogP contribution in [0.1, 0.15) is 64.1 Å². The number of H-pyrrole nitrogens is 1. The van der Waals surface area contributed by atoms with Crippen LogP contribution in [-0.2, 0) is 4.79 Å². The van der Waals surface area contributed by atoms with Crippen molar-refractivity contribution < 1.29 is 4.79 Å². The van der Waals surface area contributed by atoms with E-state index in [0.29, 0.717) is 12.0 Å². The lowest BCUT2D eigenvalue weighted by Gasteiger charge is -2.30. The number of likely N-dealkylation sites (tertiary alicyclic amines) is 1. The highest BCUT2D eigenvalue weighted by Gasteiger charge is 2.33. The van der Waals surface area contributed by atoms with Gasteiger partial charge >= 0.3 is 0 Å². The first kappa shape index (κ1) is 15.5. The first-order valence-corrected chi connectivity index (χ1v) is 8.60. The zero-order valence-corrected chi connectivity index (χ0v) is 13.6. The van der Waals surface area contributed by atoms with E-state index >= 15 is 0 Å². The molecule has 0 spiro atoms. The fourth-order valence-corrected chi connectivity index (χ4v) is 3.58. The third-order valence-electron chi connectivity index (χ3n) is 4.97. The average Bonchev–Trinajstić information content (AvgIpc) is 3.17. The van der Waals surface area contributed by atoms with E-state index in [-0.39, 0.29) is 17.7 Å². The van der Waals surface area contributed by atoms with Gasteiger partial charge in [0.05, 0.1) is 5.92 Å². The first-order valence-electron chi connectivity index (χ1n) is 8.60. The van der Waals surface area contributed by atoms with E-state index in [1.807, 2.05) is 13.8 Å². The van der Waals surface area contributed by atoms with E-state index < -0.39 is 0 Å². The van der Waals surface area contributed by atoms with Crippen LogP contribution < -0.4 is 5.32 Å². The van der Waals surface area contributed by atoms with E-state index in [0.717, 1.165) is 25.3 Å². The number of aromatic amines is 1. The molecule has 1 atom stereocenters. The standard InChI is InChI=1S/C16H27N5O/c1-11(2)14-17-16(20-19-14)18-15(22)12-8-9-21(10-12)13-6-4-3-5-7-13/h11-13H,3-10H2,1-2H3,(H2,17,18,19,20,22)/t12-/m0/s1. The third-order valence-corrected chi connectivity index (χ3v) is 4.97. The minimum absolute atomic E-state index is 0.0626. The van der Waals surface area contributed by atoms with Crippen LogP contribution in [0.15, 0.2) is 0 Å². The Morgan fingerprint density at radius 2 is 2.05 bits per heavy atom. The summed E-state index contributed by atoms with van der Waals surface area (Å²) >= 11 is 0. The minimum atomic E-state index is 0.0626. The molecule has 1 aliphatic carbocycles. The first-order chi connectivity index (χ1) is 10.6. The number of carbonyl (C=O) groups is 1. The highest BCUT2D eigenvalue weighted by molar-refractivity contribution is 5.91. The maximum absolute atomic E-state index is 12.4. The number of hydrogen-bond donors (Lipinski definition) is 2. The smallest absolute Gasteiger partial charge is 0.248 e. The molecule has 22 heavy (non-hydrogen) atoms. The lowest BCUT2D eigenvalue weighted by atomic mass is 9.94. The molecule has 1 aliphatic heterocycles. The number of anilines is 1. The van der Waals surface area contributed by atoms with Crippen molar-refractivity contribution in [3.05, 3.63) is 5.82 Å². The molecule has 2 fully saturated rings. The van der Waals surface area contributed by atoms with Crippen molar-refractivity contribution in [3.63, 3.8) is 0 Å². The van der Waals surface area contributed by atoms with Crippen LogP contribution in [0.25, 0.3) is 0 Å². The van der Waals surface area contributed by atoms with E-state index in [4.69, 9.17) is 0 Å². The van der Waals surface area contributed by atoms with Crippen LogP contribution in [0.4, 0.5) is 5.95 Å². The number of carbonyl (C=O) groups excluding carboxylic acids is 1. The van der Waals surface area contributed by atoms with Gasteiger partial charge in [0.1, 0.15) is 5.82 Å². The quantitative estimate of drug-likeness (QED) is 0.896. The molecule has 0 radical (unpaired) electrons. The van der Waals surface area contributed by atoms with Gasteiger partial charge in [0.25, 0.3) is 0 Å². The van der Waals surface area contributed by atoms with Crippen molar-refractivity contribution in [2.24, 2.45) is 5.92 Å². The van der Waals surface area contributed by atoms with Gasteiger partial charge in [-0.3, -0.25) is 20.1 Å². The Bertz CT molecular complexity index is 506. The van der Waals surface area contributed by atoms with Crippen molar-refractivity contribution in [3.8, 4) is 0 Å². The summed E-state index contributed by atoms with van der Waals surface area (Å²) in [4.78, 5) is 19.2. The van der Waals surface area contributed by atoms with Crippen molar-refractivity contribution in [1.29, 1.82) is 0 Å².